The Balaban J connectivity index is 2.39. The second kappa shape index (κ2) is 6.03. The van der Waals surface area contributed by atoms with Crippen molar-refractivity contribution in [2.24, 2.45) is 11.1 Å². The van der Waals surface area contributed by atoms with E-state index in [4.69, 9.17) is 18.0 Å². The predicted octanol–water partition coefficient (Wildman–Crippen LogP) is 2.93. The number of likely N-dealkylation sites (tertiary alicyclic amines) is 1. The number of hydrogen-bond donors (Lipinski definition) is 1. The molecule has 21 heavy (non-hydrogen) atoms. The lowest BCUT2D eigenvalue weighted by atomic mass is 9.78. The lowest BCUT2D eigenvalue weighted by molar-refractivity contribution is -0.146. The molecule has 2 fully saturated rings. The van der Waals surface area contributed by atoms with Crippen LogP contribution >= 0.6 is 12.2 Å². The minimum atomic E-state index is -0.778. The smallest absolute Gasteiger partial charge is 0.236 e. The summed E-state index contributed by atoms with van der Waals surface area (Å²) in [6.07, 6.45) is 7.56. The zero-order chi connectivity index (χ0) is 15.7. The zero-order valence-corrected chi connectivity index (χ0v) is 13.9. The molecular weight excluding hydrogens is 284 g/mol. The molecule has 0 unspecified atom stereocenters. The molecule has 0 aromatic rings. The molecule has 0 aromatic carbocycles. The Labute approximate surface area is 132 Å². The molecule has 0 bridgehead atoms. The number of hydrogen-bond acceptors (Lipinski definition) is 3. The van der Waals surface area contributed by atoms with Crippen LogP contribution in [0.3, 0.4) is 0 Å². The van der Waals surface area contributed by atoms with Crippen molar-refractivity contribution in [3.05, 3.63) is 0 Å². The van der Waals surface area contributed by atoms with Crippen molar-refractivity contribution in [2.75, 3.05) is 0 Å². The van der Waals surface area contributed by atoms with Gasteiger partial charge in [-0.2, -0.15) is 0 Å². The summed E-state index contributed by atoms with van der Waals surface area (Å²) in [7, 11) is 0. The Morgan fingerprint density at radius 1 is 1.19 bits per heavy atom. The molecule has 2 rings (SSSR count). The number of carbonyl (C=O) groups is 2. The Morgan fingerprint density at radius 3 is 2.14 bits per heavy atom. The summed E-state index contributed by atoms with van der Waals surface area (Å²) >= 11 is 5.22. The third kappa shape index (κ3) is 2.50. The lowest BCUT2D eigenvalue weighted by Crippen LogP contribution is -2.59. The molecule has 2 aliphatic rings. The minimum Gasteiger partial charge on any atom is -0.391 e. The second-order valence-corrected chi connectivity index (χ2v) is 6.95. The molecule has 2 N–H and O–H groups in total. The van der Waals surface area contributed by atoms with Crippen LogP contribution in [0, 0.1) is 5.41 Å². The molecule has 1 aliphatic heterocycles. The van der Waals surface area contributed by atoms with E-state index in [1.165, 1.54) is 4.90 Å². The van der Waals surface area contributed by atoms with Gasteiger partial charge in [0.15, 0.2) is 0 Å². The summed E-state index contributed by atoms with van der Waals surface area (Å²) in [6, 6.07) is 0. The molecule has 0 aromatic heterocycles. The highest BCUT2D eigenvalue weighted by Crippen LogP contribution is 2.47. The molecular formula is C16H26N2O2S. The number of nitrogens with two attached hydrogens (primary N) is 1. The highest BCUT2D eigenvalue weighted by atomic mass is 32.1. The predicted molar refractivity (Wildman–Crippen MR) is 86.7 cm³/mol. The maximum Gasteiger partial charge on any atom is 0.236 e. The molecule has 4 nitrogen and oxygen atoms in total. The molecule has 0 atom stereocenters. The van der Waals surface area contributed by atoms with Crippen LogP contribution in [-0.2, 0) is 9.59 Å². The highest BCUT2D eigenvalue weighted by Gasteiger charge is 2.57. The van der Waals surface area contributed by atoms with E-state index in [1.807, 2.05) is 13.8 Å². The van der Waals surface area contributed by atoms with E-state index in [9.17, 15) is 9.59 Å². The van der Waals surface area contributed by atoms with Crippen LogP contribution in [0.25, 0.3) is 0 Å². The van der Waals surface area contributed by atoms with E-state index in [-0.39, 0.29) is 16.8 Å². The Kier molecular flexibility index (Phi) is 4.71. The van der Waals surface area contributed by atoms with E-state index >= 15 is 0 Å². The summed E-state index contributed by atoms with van der Waals surface area (Å²) in [6.45, 7) is 3.89. The summed E-state index contributed by atoms with van der Waals surface area (Å²) < 4.78 is 0. The summed E-state index contributed by atoms with van der Waals surface area (Å²) in [5.74, 6) is -0.107. The van der Waals surface area contributed by atoms with E-state index in [1.54, 1.807) is 0 Å². The van der Waals surface area contributed by atoms with E-state index in [2.05, 4.69) is 0 Å². The third-order valence-corrected chi connectivity index (χ3v) is 5.89. The van der Waals surface area contributed by atoms with E-state index in [0.29, 0.717) is 19.3 Å². The molecule has 5 heteroatoms. The standard InChI is InChI=1S/C16H26N2O2S/c1-3-16(4-2,13(17)21)18-12(19)11-15(14(18)20)9-7-5-6-8-10-15/h3-11H2,1-2H3,(H2,17,21). The van der Waals surface area contributed by atoms with Crippen LogP contribution in [0.1, 0.15) is 71.6 Å². The third-order valence-electron chi connectivity index (χ3n) is 5.51. The van der Waals surface area contributed by atoms with Gasteiger partial charge in [-0.1, -0.05) is 51.7 Å². The van der Waals surface area contributed by atoms with Crippen molar-refractivity contribution in [3.8, 4) is 0 Å². The quantitative estimate of drug-likeness (QED) is 0.640. The Morgan fingerprint density at radius 2 is 1.71 bits per heavy atom. The zero-order valence-electron chi connectivity index (χ0n) is 13.1. The topological polar surface area (TPSA) is 63.4 Å². The summed E-state index contributed by atoms with van der Waals surface area (Å²) in [5, 5.41) is 0. The lowest BCUT2D eigenvalue weighted by Gasteiger charge is -2.39. The van der Waals surface area contributed by atoms with Crippen LogP contribution in [0.15, 0.2) is 0 Å². The van der Waals surface area contributed by atoms with Gasteiger partial charge in [0.05, 0.1) is 15.9 Å². The van der Waals surface area contributed by atoms with Crippen LogP contribution in [0.4, 0.5) is 0 Å². The SMILES string of the molecule is CCC(CC)(C(N)=S)N1C(=O)CC2(CCCCCC2)C1=O. The number of carbonyl (C=O) groups excluding carboxylic acids is 2. The van der Waals surface area contributed by atoms with Crippen molar-refractivity contribution in [2.45, 2.75) is 77.2 Å². The van der Waals surface area contributed by atoms with Gasteiger partial charge >= 0.3 is 0 Å². The molecule has 1 spiro atoms. The number of imide groups is 1. The van der Waals surface area contributed by atoms with Crippen molar-refractivity contribution in [3.63, 3.8) is 0 Å². The van der Waals surface area contributed by atoms with Crippen molar-refractivity contribution < 1.29 is 9.59 Å². The molecule has 1 aliphatic carbocycles. The number of amides is 2. The first-order valence-corrected chi connectivity index (χ1v) is 8.52. The average Bonchev–Trinajstić information content (AvgIpc) is 2.62. The number of rotatable bonds is 4. The first kappa shape index (κ1) is 16.4. The average molecular weight is 310 g/mol. The summed E-state index contributed by atoms with van der Waals surface area (Å²) in [4.78, 5) is 27.4. The fourth-order valence-electron chi connectivity index (χ4n) is 4.05. The Hall–Kier alpha value is -0.970. The van der Waals surface area contributed by atoms with Gasteiger partial charge in [0.1, 0.15) is 0 Å². The van der Waals surface area contributed by atoms with Crippen molar-refractivity contribution in [1.29, 1.82) is 0 Å². The minimum absolute atomic E-state index is 0.0223. The van der Waals surface area contributed by atoms with Crippen LogP contribution in [-0.4, -0.2) is 27.2 Å². The summed E-state index contributed by atoms with van der Waals surface area (Å²) in [5.41, 5.74) is 4.67. The molecule has 1 saturated carbocycles. The molecule has 0 radical (unpaired) electrons. The molecule has 1 heterocycles. The van der Waals surface area contributed by atoms with Gasteiger partial charge in [-0.15, -0.1) is 0 Å². The second-order valence-electron chi connectivity index (χ2n) is 6.51. The van der Waals surface area contributed by atoms with Gasteiger partial charge in [0, 0.05) is 6.42 Å². The fraction of sp³-hybridized carbons (Fsp3) is 0.812. The Bertz CT molecular complexity index is 449. The monoisotopic (exact) mass is 310 g/mol. The largest absolute Gasteiger partial charge is 0.391 e. The van der Waals surface area contributed by atoms with Gasteiger partial charge in [-0.25, -0.2) is 0 Å². The molecule has 1 saturated heterocycles. The first-order chi connectivity index (χ1) is 9.93. The van der Waals surface area contributed by atoms with Gasteiger partial charge in [0.2, 0.25) is 11.8 Å². The first-order valence-electron chi connectivity index (χ1n) is 8.11. The van der Waals surface area contributed by atoms with Crippen LogP contribution in [0.5, 0.6) is 0 Å². The van der Waals surface area contributed by atoms with Crippen LogP contribution in [0.2, 0.25) is 0 Å². The highest BCUT2D eigenvalue weighted by molar-refractivity contribution is 7.80. The maximum atomic E-state index is 13.1. The molecule has 118 valence electrons. The van der Waals surface area contributed by atoms with Gasteiger partial charge < -0.3 is 5.73 Å². The van der Waals surface area contributed by atoms with E-state index in [0.717, 1.165) is 38.5 Å². The van der Waals surface area contributed by atoms with Gasteiger partial charge in [0.25, 0.3) is 0 Å². The van der Waals surface area contributed by atoms with Gasteiger partial charge in [-0.3, -0.25) is 14.5 Å². The number of nitrogens with zero attached hydrogens (tertiary/aromatic N) is 1. The number of thiocarbonyl (C=S) groups is 1. The van der Waals surface area contributed by atoms with Crippen molar-refractivity contribution in [1.82, 2.24) is 4.90 Å². The van der Waals surface area contributed by atoms with Crippen molar-refractivity contribution >= 4 is 29.0 Å². The molecule has 2 amide bonds. The normalized spacial score (nSPS) is 22.7. The maximum absolute atomic E-state index is 13.1. The van der Waals surface area contributed by atoms with Gasteiger partial charge in [-0.05, 0) is 25.7 Å². The fourth-order valence-corrected chi connectivity index (χ4v) is 4.43. The van der Waals surface area contributed by atoms with E-state index < -0.39 is 11.0 Å². The van der Waals surface area contributed by atoms with Crippen LogP contribution < -0.4 is 5.73 Å².